The predicted molar refractivity (Wildman–Crippen MR) is 63.4 cm³/mol. The summed E-state index contributed by atoms with van der Waals surface area (Å²) >= 11 is 1.57. The summed E-state index contributed by atoms with van der Waals surface area (Å²) in [6.07, 6.45) is 0. The van der Waals surface area contributed by atoms with Crippen molar-refractivity contribution < 1.29 is 10.0 Å². The molecule has 0 aliphatic heterocycles. The van der Waals surface area contributed by atoms with Gasteiger partial charge in [0, 0.05) is 6.54 Å². The van der Waals surface area contributed by atoms with Crippen molar-refractivity contribution in [3.63, 3.8) is 0 Å². The Morgan fingerprint density at radius 1 is 1.69 bits per heavy atom. The lowest BCUT2D eigenvalue weighted by molar-refractivity contribution is -0.126. The maximum Gasteiger partial charge on any atom is 0.233 e. The SMILES string of the molecule is CC(C)(C(=O)NCc1ccsc1)C(N)=NO. The van der Waals surface area contributed by atoms with Gasteiger partial charge in [0.25, 0.3) is 0 Å². The second kappa shape index (κ2) is 4.98. The molecule has 5 nitrogen and oxygen atoms in total. The molecule has 88 valence electrons. The minimum Gasteiger partial charge on any atom is -0.409 e. The predicted octanol–water partition coefficient (Wildman–Crippen LogP) is 1.14. The standard InChI is InChI=1S/C10H15N3O2S/c1-10(2,8(11)13-15)9(14)12-5-7-3-4-16-6-7/h3-4,6,15H,5H2,1-2H3,(H2,11,13)(H,12,14). The fraction of sp³-hybridized carbons (Fsp3) is 0.400. The Labute approximate surface area is 98.0 Å². The van der Waals surface area contributed by atoms with E-state index in [1.807, 2.05) is 16.8 Å². The molecule has 0 bridgehead atoms. The van der Waals surface area contributed by atoms with Crippen LogP contribution in [0.4, 0.5) is 0 Å². The summed E-state index contributed by atoms with van der Waals surface area (Å²) in [6, 6.07) is 1.93. The Hall–Kier alpha value is -1.56. The van der Waals surface area contributed by atoms with Gasteiger partial charge in [-0.25, -0.2) is 0 Å². The summed E-state index contributed by atoms with van der Waals surface area (Å²) in [6.45, 7) is 3.65. The molecule has 0 aromatic carbocycles. The normalized spacial score (nSPS) is 12.5. The number of hydrogen-bond acceptors (Lipinski definition) is 4. The van der Waals surface area contributed by atoms with Crippen molar-refractivity contribution in [2.75, 3.05) is 0 Å². The number of amides is 1. The quantitative estimate of drug-likeness (QED) is 0.319. The molecule has 1 aromatic heterocycles. The van der Waals surface area contributed by atoms with Crippen molar-refractivity contribution in [2.24, 2.45) is 16.3 Å². The van der Waals surface area contributed by atoms with Gasteiger partial charge in [-0.3, -0.25) is 4.79 Å². The number of carbonyl (C=O) groups is 1. The average Bonchev–Trinajstić information content (AvgIpc) is 2.77. The van der Waals surface area contributed by atoms with Gasteiger partial charge in [-0.1, -0.05) is 5.16 Å². The number of oxime groups is 1. The fourth-order valence-corrected chi connectivity index (χ4v) is 1.71. The van der Waals surface area contributed by atoms with Crippen molar-refractivity contribution in [3.05, 3.63) is 22.4 Å². The first-order valence-electron chi connectivity index (χ1n) is 4.76. The van der Waals surface area contributed by atoms with E-state index in [1.165, 1.54) is 0 Å². The zero-order chi connectivity index (χ0) is 12.2. The van der Waals surface area contributed by atoms with Crippen molar-refractivity contribution in [1.82, 2.24) is 5.32 Å². The second-order valence-corrected chi connectivity index (χ2v) is 4.70. The molecule has 0 radical (unpaired) electrons. The molecule has 1 heterocycles. The lowest BCUT2D eigenvalue weighted by Crippen LogP contribution is -2.45. The first-order valence-corrected chi connectivity index (χ1v) is 5.70. The van der Waals surface area contributed by atoms with Gasteiger partial charge >= 0.3 is 0 Å². The summed E-state index contributed by atoms with van der Waals surface area (Å²) in [5.74, 6) is -0.371. The summed E-state index contributed by atoms with van der Waals surface area (Å²) in [4.78, 5) is 11.8. The molecule has 0 unspecified atom stereocenters. The van der Waals surface area contributed by atoms with E-state index in [9.17, 15) is 4.79 Å². The molecule has 1 amide bonds. The molecule has 1 rings (SSSR count). The van der Waals surface area contributed by atoms with Gasteiger partial charge in [-0.15, -0.1) is 0 Å². The van der Waals surface area contributed by atoms with Crippen LogP contribution in [-0.4, -0.2) is 17.0 Å². The molecule has 0 spiro atoms. The van der Waals surface area contributed by atoms with Gasteiger partial charge in [0.1, 0.15) is 5.41 Å². The zero-order valence-electron chi connectivity index (χ0n) is 9.23. The van der Waals surface area contributed by atoms with E-state index in [0.717, 1.165) is 5.56 Å². The van der Waals surface area contributed by atoms with Crippen LogP contribution in [0.2, 0.25) is 0 Å². The minimum atomic E-state index is -1.01. The van der Waals surface area contributed by atoms with Gasteiger partial charge < -0.3 is 16.3 Å². The molecular formula is C10H15N3O2S. The molecule has 0 fully saturated rings. The lowest BCUT2D eigenvalue weighted by Gasteiger charge is -2.21. The number of rotatable bonds is 4. The molecule has 0 saturated carbocycles. The Morgan fingerprint density at radius 2 is 2.38 bits per heavy atom. The summed E-state index contributed by atoms with van der Waals surface area (Å²) < 4.78 is 0. The van der Waals surface area contributed by atoms with Crippen LogP contribution in [0, 0.1) is 5.41 Å². The topological polar surface area (TPSA) is 87.7 Å². The highest BCUT2D eigenvalue weighted by atomic mass is 32.1. The minimum absolute atomic E-state index is 0.102. The Kier molecular flexibility index (Phi) is 3.89. The smallest absolute Gasteiger partial charge is 0.233 e. The maximum absolute atomic E-state index is 11.8. The van der Waals surface area contributed by atoms with E-state index in [4.69, 9.17) is 10.9 Å². The first kappa shape index (κ1) is 12.5. The Bertz CT molecular complexity index is 385. The molecular weight excluding hydrogens is 226 g/mol. The van der Waals surface area contributed by atoms with Gasteiger partial charge in [0.15, 0.2) is 5.84 Å². The van der Waals surface area contributed by atoms with Crippen LogP contribution in [0.25, 0.3) is 0 Å². The summed E-state index contributed by atoms with van der Waals surface area (Å²) in [5, 5.41) is 18.1. The van der Waals surface area contributed by atoms with Crippen LogP contribution in [0.15, 0.2) is 22.0 Å². The monoisotopic (exact) mass is 241 g/mol. The van der Waals surface area contributed by atoms with E-state index in [2.05, 4.69) is 10.5 Å². The fourth-order valence-electron chi connectivity index (χ4n) is 1.04. The summed E-state index contributed by atoms with van der Waals surface area (Å²) in [5.41, 5.74) is 5.47. The van der Waals surface area contributed by atoms with Crippen LogP contribution >= 0.6 is 11.3 Å². The third kappa shape index (κ3) is 2.73. The van der Waals surface area contributed by atoms with Gasteiger partial charge in [-0.05, 0) is 36.2 Å². The molecule has 0 aliphatic rings. The summed E-state index contributed by atoms with van der Waals surface area (Å²) in [7, 11) is 0. The van der Waals surface area contributed by atoms with E-state index in [-0.39, 0.29) is 11.7 Å². The maximum atomic E-state index is 11.8. The Balaban J connectivity index is 2.59. The van der Waals surface area contributed by atoms with Crippen molar-refractivity contribution in [2.45, 2.75) is 20.4 Å². The number of nitrogens with zero attached hydrogens (tertiary/aromatic N) is 1. The van der Waals surface area contributed by atoms with E-state index in [1.54, 1.807) is 25.2 Å². The van der Waals surface area contributed by atoms with Crippen LogP contribution in [-0.2, 0) is 11.3 Å². The second-order valence-electron chi connectivity index (χ2n) is 3.92. The zero-order valence-corrected chi connectivity index (χ0v) is 10.0. The van der Waals surface area contributed by atoms with Gasteiger partial charge in [0.2, 0.25) is 5.91 Å². The number of amidine groups is 1. The molecule has 0 saturated heterocycles. The van der Waals surface area contributed by atoms with Crippen LogP contribution in [0.3, 0.4) is 0 Å². The first-order chi connectivity index (χ1) is 7.48. The van der Waals surface area contributed by atoms with Gasteiger partial charge in [0.05, 0.1) is 0 Å². The molecule has 1 aromatic rings. The largest absolute Gasteiger partial charge is 0.409 e. The average molecular weight is 241 g/mol. The molecule has 6 heteroatoms. The highest BCUT2D eigenvalue weighted by molar-refractivity contribution is 7.07. The van der Waals surface area contributed by atoms with E-state index in [0.29, 0.717) is 6.54 Å². The van der Waals surface area contributed by atoms with Crippen LogP contribution in [0.1, 0.15) is 19.4 Å². The lowest BCUT2D eigenvalue weighted by atomic mass is 9.91. The number of nitrogens with one attached hydrogen (secondary N) is 1. The number of hydrogen-bond donors (Lipinski definition) is 3. The molecule has 0 atom stereocenters. The van der Waals surface area contributed by atoms with Crippen molar-refractivity contribution in [3.8, 4) is 0 Å². The highest BCUT2D eigenvalue weighted by Crippen LogP contribution is 2.15. The third-order valence-electron chi connectivity index (χ3n) is 2.35. The van der Waals surface area contributed by atoms with E-state index < -0.39 is 5.41 Å². The number of thiophene rings is 1. The van der Waals surface area contributed by atoms with Crippen LogP contribution < -0.4 is 11.1 Å². The Morgan fingerprint density at radius 3 is 2.88 bits per heavy atom. The molecule has 4 N–H and O–H groups in total. The van der Waals surface area contributed by atoms with Gasteiger partial charge in [-0.2, -0.15) is 11.3 Å². The van der Waals surface area contributed by atoms with Crippen molar-refractivity contribution >= 4 is 23.1 Å². The molecule has 16 heavy (non-hydrogen) atoms. The molecule has 0 aliphatic carbocycles. The number of nitrogens with two attached hydrogens (primary N) is 1. The third-order valence-corrected chi connectivity index (χ3v) is 3.08. The van der Waals surface area contributed by atoms with Crippen LogP contribution in [0.5, 0.6) is 0 Å². The van der Waals surface area contributed by atoms with E-state index >= 15 is 0 Å². The highest BCUT2D eigenvalue weighted by Gasteiger charge is 2.32. The number of carbonyl (C=O) groups excluding carboxylic acids is 1. The van der Waals surface area contributed by atoms with Crippen molar-refractivity contribution in [1.29, 1.82) is 0 Å².